The highest BCUT2D eigenvalue weighted by Gasteiger charge is 2.42. The molecule has 4 heteroatoms. The number of hydrogen-bond donors (Lipinski definition) is 1. The quantitative estimate of drug-likeness (QED) is 0.748. The molecule has 0 aromatic carbocycles. The Hall–Kier alpha value is -0.160. The summed E-state index contributed by atoms with van der Waals surface area (Å²) in [6.07, 6.45) is 3.41. The number of rotatable bonds is 6. The molecule has 0 aromatic rings. The SMILES string of the molecule is COCCNC(C)C(C)C1CCOC2(CCOC2)C1. The third kappa shape index (κ3) is 3.91. The standard InChI is InChI=1S/C15H29NO3/c1-12(13(2)16-6-9-17-3)14-4-7-19-15(10-14)5-8-18-11-15/h12-14,16H,4-11H2,1-3H3. The first kappa shape index (κ1) is 15.2. The molecule has 19 heavy (non-hydrogen) atoms. The van der Waals surface area contributed by atoms with E-state index in [9.17, 15) is 0 Å². The Kier molecular flexibility index (Phi) is 5.63. The van der Waals surface area contributed by atoms with E-state index in [2.05, 4.69) is 19.2 Å². The van der Waals surface area contributed by atoms with E-state index < -0.39 is 0 Å². The first-order chi connectivity index (χ1) is 9.17. The molecule has 0 amide bonds. The average molecular weight is 271 g/mol. The van der Waals surface area contributed by atoms with Gasteiger partial charge in [-0.1, -0.05) is 6.92 Å². The van der Waals surface area contributed by atoms with Crippen LogP contribution < -0.4 is 5.32 Å². The van der Waals surface area contributed by atoms with Gasteiger partial charge in [-0.2, -0.15) is 0 Å². The number of methoxy groups -OCH3 is 1. The van der Waals surface area contributed by atoms with E-state index in [0.29, 0.717) is 12.0 Å². The average Bonchev–Trinajstić information content (AvgIpc) is 2.86. The molecule has 4 atom stereocenters. The molecule has 4 nitrogen and oxygen atoms in total. The lowest BCUT2D eigenvalue weighted by atomic mass is 9.76. The van der Waals surface area contributed by atoms with Gasteiger partial charge in [0, 0.05) is 39.3 Å². The number of hydrogen-bond acceptors (Lipinski definition) is 4. The largest absolute Gasteiger partial charge is 0.383 e. The Bertz CT molecular complexity index is 266. The lowest BCUT2D eigenvalue weighted by Crippen LogP contribution is -2.45. The third-order valence-corrected chi connectivity index (χ3v) is 4.90. The Morgan fingerprint density at radius 2 is 2.21 bits per heavy atom. The van der Waals surface area contributed by atoms with E-state index >= 15 is 0 Å². The zero-order valence-corrected chi connectivity index (χ0v) is 12.6. The van der Waals surface area contributed by atoms with Gasteiger partial charge in [-0.3, -0.25) is 0 Å². The van der Waals surface area contributed by atoms with Crippen LogP contribution in [-0.2, 0) is 14.2 Å². The molecule has 2 fully saturated rings. The molecule has 1 N–H and O–H groups in total. The van der Waals surface area contributed by atoms with Crippen molar-refractivity contribution in [3.63, 3.8) is 0 Å². The van der Waals surface area contributed by atoms with Crippen LogP contribution in [0.3, 0.4) is 0 Å². The monoisotopic (exact) mass is 271 g/mol. The molecule has 2 rings (SSSR count). The smallest absolute Gasteiger partial charge is 0.0939 e. The maximum absolute atomic E-state index is 6.02. The van der Waals surface area contributed by atoms with Gasteiger partial charge >= 0.3 is 0 Å². The second-order valence-corrected chi connectivity index (χ2v) is 6.18. The summed E-state index contributed by atoms with van der Waals surface area (Å²) in [7, 11) is 1.75. The highest BCUT2D eigenvalue weighted by atomic mass is 16.6. The van der Waals surface area contributed by atoms with Crippen LogP contribution in [0, 0.1) is 11.8 Å². The highest BCUT2D eigenvalue weighted by Crippen LogP contribution is 2.39. The van der Waals surface area contributed by atoms with Crippen molar-refractivity contribution in [1.82, 2.24) is 5.32 Å². The molecular weight excluding hydrogens is 242 g/mol. The molecule has 2 aliphatic heterocycles. The minimum absolute atomic E-state index is 0.0312. The minimum Gasteiger partial charge on any atom is -0.383 e. The molecule has 2 aliphatic rings. The van der Waals surface area contributed by atoms with Crippen molar-refractivity contribution < 1.29 is 14.2 Å². The number of ether oxygens (including phenoxy) is 3. The molecule has 0 aromatic heterocycles. The van der Waals surface area contributed by atoms with Crippen molar-refractivity contribution in [3.05, 3.63) is 0 Å². The fraction of sp³-hybridized carbons (Fsp3) is 1.00. The van der Waals surface area contributed by atoms with E-state index in [0.717, 1.165) is 51.7 Å². The lowest BCUT2D eigenvalue weighted by Gasteiger charge is -2.41. The van der Waals surface area contributed by atoms with Crippen LogP contribution in [0.25, 0.3) is 0 Å². The fourth-order valence-electron chi connectivity index (χ4n) is 3.36. The Morgan fingerprint density at radius 1 is 1.37 bits per heavy atom. The van der Waals surface area contributed by atoms with Gasteiger partial charge in [0.05, 0.1) is 18.8 Å². The van der Waals surface area contributed by atoms with Crippen LogP contribution in [0.4, 0.5) is 0 Å². The van der Waals surface area contributed by atoms with Crippen molar-refractivity contribution in [2.24, 2.45) is 11.8 Å². The van der Waals surface area contributed by atoms with Crippen LogP contribution in [0.1, 0.15) is 33.1 Å². The minimum atomic E-state index is 0.0312. The summed E-state index contributed by atoms with van der Waals surface area (Å²) in [4.78, 5) is 0. The van der Waals surface area contributed by atoms with Gasteiger partial charge in [-0.15, -0.1) is 0 Å². The zero-order chi connectivity index (χ0) is 13.7. The van der Waals surface area contributed by atoms with Crippen molar-refractivity contribution in [3.8, 4) is 0 Å². The lowest BCUT2D eigenvalue weighted by molar-refractivity contribution is -0.107. The molecule has 0 aliphatic carbocycles. The molecular formula is C15H29NO3. The van der Waals surface area contributed by atoms with Gasteiger partial charge in [0.2, 0.25) is 0 Å². The molecule has 0 saturated carbocycles. The van der Waals surface area contributed by atoms with Crippen LogP contribution in [0.5, 0.6) is 0 Å². The van der Waals surface area contributed by atoms with Crippen molar-refractivity contribution in [2.45, 2.75) is 44.8 Å². The second kappa shape index (κ2) is 7.02. The van der Waals surface area contributed by atoms with Gasteiger partial charge in [0.1, 0.15) is 0 Å². The molecule has 4 unspecified atom stereocenters. The highest BCUT2D eigenvalue weighted by molar-refractivity contribution is 4.92. The Morgan fingerprint density at radius 3 is 2.89 bits per heavy atom. The van der Waals surface area contributed by atoms with Crippen molar-refractivity contribution in [2.75, 3.05) is 40.1 Å². The van der Waals surface area contributed by atoms with Gasteiger partial charge in [-0.05, 0) is 31.6 Å². The van der Waals surface area contributed by atoms with Gasteiger partial charge in [-0.25, -0.2) is 0 Å². The summed E-state index contributed by atoms with van der Waals surface area (Å²) in [5, 5.41) is 3.56. The zero-order valence-electron chi connectivity index (χ0n) is 12.6. The predicted molar refractivity (Wildman–Crippen MR) is 75.3 cm³/mol. The normalized spacial score (nSPS) is 34.6. The molecule has 2 saturated heterocycles. The van der Waals surface area contributed by atoms with Crippen LogP contribution in [-0.4, -0.2) is 51.7 Å². The van der Waals surface area contributed by atoms with E-state index in [1.165, 1.54) is 6.42 Å². The van der Waals surface area contributed by atoms with E-state index in [4.69, 9.17) is 14.2 Å². The van der Waals surface area contributed by atoms with Crippen LogP contribution >= 0.6 is 0 Å². The number of nitrogens with one attached hydrogen (secondary N) is 1. The fourth-order valence-corrected chi connectivity index (χ4v) is 3.36. The predicted octanol–water partition coefficient (Wildman–Crippen LogP) is 1.83. The van der Waals surface area contributed by atoms with E-state index in [1.807, 2.05) is 0 Å². The van der Waals surface area contributed by atoms with E-state index in [-0.39, 0.29) is 5.60 Å². The van der Waals surface area contributed by atoms with Crippen LogP contribution in [0.2, 0.25) is 0 Å². The first-order valence-electron chi connectivity index (χ1n) is 7.61. The van der Waals surface area contributed by atoms with Gasteiger partial charge in [0.15, 0.2) is 0 Å². The van der Waals surface area contributed by atoms with Gasteiger partial charge < -0.3 is 19.5 Å². The third-order valence-electron chi connectivity index (χ3n) is 4.90. The molecule has 0 bridgehead atoms. The summed E-state index contributed by atoms with van der Waals surface area (Å²) in [6, 6.07) is 0.526. The Labute approximate surface area is 117 Å². The summed E-state index contributed by atoms with van der Waals surface area (Å²) >= 11 is 0. The summed E-state index contributed by atoms with van der Waals surface area (Å²) in [5.41, 5.74) is 0.0312. The molecule has 0 radical (unpaired) electrons. The molecule has 2 heterocycles. The van der Waals surface area contributed by atoms with Gasteiger partial charge in [0.25, 0.3) is 0 Å². The maximum Gasteiger partial charge on any atom is 0.0939 e. The Balaban J connectivity index is 1.82. The van der Waals surface area contributed by atoms with Crippen molar-refractivity contribution >= 4 is 0 Å². The van der Waals surface area contributed by atoms with Crippen LogP contribution in [0.15, 0.2) is 0 Å². The molecule has 1 spiro atoms. The van der Waals surface area contributed by atoms with E-state index in [1.54, 1.807) is 7.11 Å². The summed E-state index contributed by atoms with van der Waals surface area (Å²) in [6.45, 7) is 8.91. The van der Waals surface area contributed by atoms with Crippen molar-refractivity contribution in [1.29, 1.82) is 0 Å². The summed E-state index contributed by atoms with van der Waals surface area (Å²) < 4.78 is 16.7. The molecule has 112 valence electrons. The maximum atomic E-state index is 6.02. The first-order valence-corrected chi connectivity index (χ1v) is 7.61. The second-order valence-electron chi connectivity index (χ2n) is 6.18. The summed E-state index contributed by atoms with van der Waals surface area (Å²) in [5.74, 6) is 1.40. The topological polar surface area (TPSA) is 39.7 Å².